The van der Waals surface area contributed by atoms with E-state index in [0.717, 1.165) is 11.3 Å². The Bertz CT molecular complexity index is 279. The third kappa shape index (κ3) is 2.64. The molecular weight excluding hydrogens is 188 g/mol. The Morgan fingerprint density at radius 1 is 1.31 bits per heavy atom. The van der Waals surface area contributed by atoms with Crippen LogP contribution >= 0.6 is 11.6 Å². The lowest BCUT2D eigenvalue weighted by molar-refractivity contribution is 0.128. The van der Waals surface area contributed by atoms with Crippen molar-refractivity contribution in [2.75, 3.05) is 6.61 Å². The minimum Gasteiger partial charge on any atom is -0.374 e. The maximum Gasteiger partial charge on any atom is 0.155 e. The Balaban J connectivity index is 2.86. The summed E-state index contributed by atoms with van der Waals surface area (Å²) in [6.07, 6.45) is 0. The summed E-state index contributed by atoms with van der Waals surface area (Å²) in [5.41, 5.74) is 1.84. The predicted octanol–water partition coefficient (Wildman–Crippen LogP) is 2.28. The van der Waals surface area contributed by atoms with Crippen LogP contribution in [0.5, 0.6) is 0 Å². The van der Waals surface area contributed by atoms with Gasteiger partial charge in [0.1, 0.15) is 11.8 Å². The van der Waals surface area contributed by atoms with E-state index in [-0.39, 0.29) is 0 Å². The highest BCUT2D eigenvalue weighted by Crippen LogP contribution is 2.14. The highest BCUT2D eigenvalue weighted by molar-refractivity contribution is 6.30. The Morgan fingerprint density at radius 3 is 2.54 bits per heavy atom. The number of ether oxygens (including phenoxy) is 1. The lowest BCUT2D eigenvalue weighted by atomic mass is 10.3. The summed E-state index contributed by atoms with van der Waals surface area (Å²) in [5, 5.41) is 0.516. The molecule has 0 aliphatic carbocycles. The summed E-state index contributed by atoms with van der Waals surface area (Å²) >= 11 is 5.89. The van der Waals surface area contributed by atoms with E-state index in [4.69, 9.17) is 16.3 Å². The quantitative estimate of drug-likeness (QED) is 0.703. The fraction of sp³-hybridized carbons (Fsp3) is 0.556. The molecule has 0 saturated heterocycles. The maximum atomic E-state index is 5.89. The van der Waals surface area contributed by atoms with Gasteiger partial charge in [0.05, 0.1) is 0 Å². The van der Waals surface area contributed by atoms with Crippen molar-refractivity contribution < 1.29 is 4.74 Å². The van der Waals surface area contributed by atoms with Gasteiger partial charge in [-0.15, -0.1) is 0 Å². The number of rotatable bonds is 3. The van der Waals surface area contributed by atoms with Crippen molar-refractivity contribution in [3.8, 4) is 0 Å². The van der Waals surface area contributed by atoms with E-state index in [2.05, 4.69) is 9.97 Å². The van der Waals surface area contributed by atoms with E-state index in [0.29, 0.717) is 24.2 Å². The number of hydrogen-bond donors (Lipinski definition) is 0. The van der Waals surface area contributed by atoms with E-state index in [1.54, 1.807) is 0 Å². The van der Waals surface area contributed by atoms with Crippen LogP contribution in [0.15, 0.2) is 0 Å². The molecular formula is C9H13ClN2O. The standard InChI is InChI=1S/C9H13ClN2O/c1-4-13-5-8-11-7(3)6(2)9(10)12-8/h4-5H2,1-3H3. The van der Waals surface area contributed by atoms with Gasteiger partial charge in [-0.25, -0.2) is 9.97 Å². The molecule has 0 spiro atoms. The van der Waals surface area contributed by atoms with Crippen molar-refractivity contribution in [3.05, 3.63) is 22.2 Å². The molecule has 0 N–H and O–H groups in total. The van der Waals surface area contributed by atoms with Gasteiger partial charge in [0.15, 0.2) is 5.82 Å². The van der Waals surface area contributed by atoms with Crippen molar-refractivity contribution in [2.45, 2.75) is 27.4 Å². The average Bonchev–Trinajstić information content (AvgIpc) is 2.10. The van der Waals surface area contributed by atoms with Crippen LogP contribution in [-0.4, -0.2) is 16.6 Å². The number of aromatic nitrogens is 2. The Kier molecular flexibility index (Phi) is 3.63. The third-order valence-corrected chi connectivity index (χ3v) is 2.18. The molecule has 13 heavy (non-hydrogen) atoms. The molecule has 0 radical (unpaired) electrons. The fourth-order valence-electron chi connectivity index (χ4n) is 0.907. The van der Waals surface area contributed by atoms with Crippen molar-refractivity contribution in [3.63, 3.8) is 0 Å². The van der Waals surface area contributed by atoms with Gasteiger partial charge in [-0.1, -0.05) is 11.6 Å². The highest BCUT2D eigenvalue weighted by atomic mass is 35.5. The molecule has 0 atom stereocenters. The second-order valence-corrected chi connectivity index (χ2v) is 3.14. The summed E-state index contributed by atoms with van der Waals surface area (Å²) in [6, 6.07) is 0. The van der Waals surface area contributed by atoms with Crippen LogP contribution < -0.4 is 0 Å². The first-order valence-electron chi connectivity index (χ1n) is 4.22. The minimum absolute atomic E-state index is 0.428. The molecule has 0 aromatic carbocycles. The molecule has 0 saturated carbocycles. The second-order valence-electron chi connectivity index (χ2n) is 2.78. The van der Waals surface area contributed by atoms with Gasteiger partial charge in [0.2, 0.25) is 0 Å². The number of halogens is 1. The molecule has 1 rings (SSSR count). The molecule has 0 unspecified atom stereocenters. The van der Waals surface area contributed by atoms with Crippen molar-refractivity contribution in [1.29, 1.82) is 0 Å². The zero-order valence-electron chi connectivity index (χ0n) is 8.09. The Labute approximate surface area is 83.1 Å². The monoisotopic (exact) mass is 200 g/mol. The maximum absolute atomic E-state index is 5.89. The summed E-state index contributed by atoms with van der Waals surface area (Å²) < 4.78 is 5.19. The second kappa shape index (κ2) is 4.53. The van der Waals surface area contributed by atoms with Gasteiger partial charge >= 0.3 is 0 Å². The Morgan fingerprint density at radius 2 is 2.00 bits per heavy atom. The van der Waals surface area contributed by atoms with Crippen LogP contribution in [-0.2, 0) is 11.3 Å². The fourth-order valence-corrected chi connectivity index (χ4v) is 1.14. The number of aryl methyl sites for hydroxylation is 1. The highest BCUT2D eigenvalue weighted by Gasteiger charge is 2.05. The lowest BCUT2D eigenvalue weighted by Crippen LogP contribution is -2.02. The van der Waals surface area contributed by atoms with Crippen LogP contribution in [0.4, 0.5) is 0 Å². The largest absolute Gasteiger partial charge is 0.374 e. The molecule has 72 valence electrons. The van der Waals surface area contributed by atoms with Gasteiger partial charge in [-0.2, -0.15) is 0 Å². The molecule has 0 amide bonds. The van der Waals surface area contributed by atoms with Crippen molar-refractivity contribution >= 4 is 11.6 Å². The lowest BCUT2D eigenvalue weighted by Gasteiger charge is -2.05. The van der Waals surface area contributed by atoms with Gasteiger partial charge < -0.3 is 4.74 Å². The van der Waals surface area contributed by atoms with Crippen LogP contribution in [0.2, 0.25) is 5.15 Å². The molecule has 4 heteroatoms. The molecule has 1 aromatic heterocycles. The summed E-state index contributed by atoms with van der Waals surface area (Å²) in [5.74, 6) is 0.648. The van der Waals surface area contributed by atoms with E-state index in [1.807, 2.05) is 20.8 Å². The van der Waals surface area contributed by atoms with Crippen LogP contribution in [0.1, 0.15) is 24.0 Å². The van der Waals surface area contributed by atoms with Crippen molar-refractivity contribution in [2.24, 2.45) is 0 Å². The summed E-state index contributed by atoms with van der Waals surface area (Å²) in [6.45, 7) is 6.84. The summed E-state index contributed by atoms with van der Waals surface area (Å²) in [4.78, 5) is 8.35. The SMILES string of the molecule is CCOCc1nc(C)c(C)c(Cl)n1. The van der Waals surface area contributed by atoms with Crippen LogP contribution in [0.25, 0.3) is 0 Å². The molecule has 0 aliphatic rings. The van der Waals surface area contributed by atoms with Gasteiger partial charge in [-0.3, -0.25) is 0 Å². The molecule has 1 aromatic rings. The number of hydrogen-bond acceptors (Lipinski definition) is 3. The van der Waals surface area contributed by atoms with Crippen molar-refractivity contribution in [1.82, 2.24) is 9.97 Å². The average molecular weight is 201 g/mol. The minimum atomic E-state index is 0.428. The zero-order valence-corrected chi connectivity index (χ0v) is 8.85. The molecule has 3 nitrogen and oxygen atoms in total. The first-order valence-corrected chi connectivity index (χ1v) is 4.60. The molecule has 0 fully saturated rings. The topological polar surface area (TPSA) is 35.0 Å². The normalized spacial score (nSPS) is 10.5. The van der Waals surface area contributed by atoms with Crippen LogP contribution in [0.3, 0.4) is 0 Å². The predicted molar refractivity (Wildman–Crippen MR) is 51.8 cm³/mol. The van der Waals surface area contributed by atoms with E-state index < -0.39 is 0 Å². The smallest absolute Gasteiger partial charge is 0.155 e. The first kappa shape index (κ1) is 10.4. The molecule has 1 heterocycles. The molecule has 0 aliphatic heterocycles. The first-order chi connectivity index (χ1) is 6.15. The van der Waals surface area contributed by atoms with Gasteiger partial charge in [0.25, 0.3) is 0 Å². The molecule has 0 bridgehead atoms. The van der Waals surface area contributed by atoms with Crippen LogP contribution in [0, 0.1) is 13.8 Å². The third-order valence-electron chi connectivity index (χ3n) is 1.81. The van der Waals surface area contributed by atoms with E-state index >= 15 is 0 Å². The number of nitrogens with zero attached hydrogens (tertiary/aromatic N) is 2. The van der Waals surface area contributed by atoms with Gasteiger partial charge in [-0.05, 0) is 20.8 Å². The summed E-state index contributed by atoms with van der Waals surface area (Å²) in [7, 11) is 0. The van der Waals surface area contributed by atoms with Gasteiger partial charge in [0, 0.05) is 17.9 Å². The Hall–Kier alpha value is -0.670. The zero-order chi connectivity index (χ0) is 9.84. The van der Waals surface area contributed by atoms with E-state index in [1.165, 1.54) is 0 Å². The van der Waals surface area contributed by atoms with E-state index in [9.17, 15) is 0 Å².